The average Bonchev–Trinajstić information content (AvgIpc) is 3.21. The molecule has 0 spiro atoms. The molecule has 0 heterocycles. The third kappa shape index (κ3) is 11.1. The van der Waals surface area contributed by atoms with Gasteiger partial charge < -0.3 is 38.6 Å². The molecular weight excluding hydrogens is 708 g/mol. The molecule has 3 atom stereocenters. The van der Waals surface area contributed by atoms with Crippen LogP contribution in [-0.4, -0.2) is 96.7 Å². The summed E-state index contributed by atoms with van der Waals surface area (Å²) in [5.74, 6) is -1.73. The van der Waals surface area contributed by atoms with Crippen LogP contribution in [0.5, 0.6) is 11.5 Å². The van der Waals surface area contributed by atoms with Crippen LogP contribution in [0.4, 0.5) is 0 Å². The zero-order valence-corrected chi connectivity index (χ0v) is 32.6. The van der Waals surface area contributed by atoms with Gasteiger partial charge in [0.1, 0.15) is 11.5 Å². The molecule has 0 fully saturated rings. The number of esters is 2. The van der Waals surface area contributed by atoms with Gasteiger partial charge in [-0.05, 0) is 73.4 Å². The van der Waals surface area contributed by atoms with E-state index in [9.17, 15) is 29.1 Å². The van der Waals surface area contributed by atoms with Crippen LogP contribution in [0.1, 0.15) is 43.9 Å². The lowest BCUT2D eigenvalue weighted by molar-refractivity contribution is -0.177. The summed E-state index contributed by atoms with van der Waals surface area (Å²) in [5, 5.41) is 10.7. The summed E-state index contributed by atoms with van der Waals surface area (Å²) >= 11 is 0. The lowest BCUT2D eigenvalue weighted by atomic mass is 9.88. The van der Waals surface area contributed by atoms with Crippen LogP contribution in [-0.2, 0) is 57.9 Å². The molecule has 0 aromatic heterocycles. The van der Waals surface area contributed by atoms with Gasteiger partial charge >= 0.3 is 11.9 Å². The Morgan fingerprint density at radius 2 is 1.16 bits per heavy atom. The molecule has 1 N–H and O–H groups in total. The standard InChI is InChI=1S/C24H29NO6.C18H23NO5/c1-5-22(27)25(15-19-11-13-21(29-3)14-12-19)24(18(2)26,23(28)30-4)17-31-16-20-9-7-6-8-10-20;1-6-16(21)19(12-14-8-10-15(23-4)11-9-14)18(7-2,13(3)20)17(22)24-5/h5-14,18,26H,1,15-17H2,2-4H3;6,8-11H,1,7,12H2,2-5H3/t18-,24-;18-/m11/s1. The van der Waals surface area contributed by atoms with Crippen LogP contribution in [0.3, 0.4) is 0 Å². The zero-order valence-electron chi connectivity index (χ0n) is 32.6. The summed E-state index contributed by atoms with van der Waals surface area (Å²) in [6.07, 6.45) is 1.00. The van der Waals surface area contributed by atoms with Crippen molar-refractivity contribution in [3.05, 3.63) is 121 Å². The quantitative estimate of drug-likeness (QED) is 0.101. The van der Waals surface area contributed by atoms with E-state index in [1.807, 2.05) is 30.3 Å². The number of carbonyl (C=O) groups excluding carboxylic acids is 5. The number of aliphatic hydroxyl groups excluding tert-OH is 1. The van der Waals surface area contributed by atoms with E-state index in [4.69, 9.17) is 23.7 Å². The van der Waals surface area contributed by atoms with E-state index in [1.54, 1.807) is 69.7 Å². The van der Waals surface area contributed by atoms with E-state index in [1.165, 1.54) is 37.9 Å². The van der Waals surface area contributed by atoms with Crippen molar-refractivity contribution in [2.45, 2.75) is 64.1 Å². The summed E-state index contributed by atoms with van der Waals surface area (Å²) < 4.78 is 25.9. The molecule has 0 saturated carbocycles. The number of nitrogens with zero attached hydrogens (tertiary/aromatic N) is 2. The van der Waals surface area contributed by atoms with Gasteiger partial charge in [-0.25, -0.2) is 9.59 Å². The maximum absolute atomic E-state index is 13.0. The normalized spacial score (nSPS) is 13.2. The van der Waals surface area contributed by atoms with Gasteiger partial charge in [-0.3, -0.25) is 14.4 Å². The van der Waals surface area contributed by atoms with Gasteiger partial charge in [0, 0.05) is 13.1 Å². The molecule has 13 nitrogen and oxygen atoms in total. The van der Waals surface area contributed by atoms with E-state index in [-0.39, 0.29) is 32.7 Å². The summed E-state index contributed by atoms with van der Waals surface area (Å²) in [4.78, 5) is 65.3. The van der Waals surface area contributed by atoms with Crippen molar-refractivity contribution in [2.24, 2.45) is 0 Å². The topological polar surface area (TPSA) is 158 Å². The Morgan fingerprint density at radius 3 is 1.55 bits per heavy atom. The van der Waals surface area contributed by atoms with Crippen molar-refractivity contribution >= 4 is 29.5 Å². The van der Waals surface area contributed by atoms with Gasteiger partial charge in [0.25, 0.3) is 0 Å². The highest BCUT2D eigenvalue weighted by atomic mass is 16.5. The highest BCUT2D eigenvalue weighted by Gasteiger charge is 2.52. The Kier molecular flexibility index (Phi) is 18.0. The molecule has 0 aliphatic carbocycles. The highest BCUT2D eigenvalue weighted by molar-refractivity contribution is 6.10. The number of ketones is 1. The van der Waals surface area contributed by atoms with Crippen LogP contribution in [0.15, 0.2) is 104 Å². The van der Waals surface area contributed by atoms with Gasteiger partial charge in [-0.2, -0.15) is 0 Å². The third-order valence-electron chi connectivity index (χ3n) is 9.10. The van der Waals surface area contributed by atoms with Crippen molar-refractivity contribution in [1.29, 1.82) is 0 Å². The molecule has 55 heavy (non-hydrogen) atoms. The van der Waals surface area contributed by atoms with Crippen molar-refractivity contribution in [1.82, 2.24) is 9.80 Å². The summed E-state index contributed by atoms with van der Waals surface area (Å²) in [6.45, 7) is 11.4. The second-order valence-corrected chi connectivity index (χ2v) is 12.3. The highest BCUT2D eigenvalue weighted by Crippen LogP contribution is 2.29. The molecule has 3 rings (SSSR count). The summed E-state index contributed by atoms with van der Waals surface area (Å²) in [6, 6.07) is 23.5. The third-order valence-corrected chi connectivity index (χ3v) is 9.10. The smallest absolute Gasteiger partial charge is 0.339 e. The van der Waals surface area contributed by atoms with Gasteiger partial charge in [-0.1, -0.05) is 74.7 Å². The second-order valence-electron chi connectivity index (χ2n) is 12.3. The maximum atomic E-state index is 13.0. The molecule has 296 valence electrons. The van der Waals surface area contributed by atoms with Crippen molar-refractivity contribution in [3.8, 4) is 11.5 Å². The van der Waals surface area contributed by atoms with Crippen LogP contribution >= 0.6 is 0 Å². The number of Topliss-reactive ketones (excluding diaryl/α,β-unsaturated/α-hetero) is 1. The van der Waals surface area contributed by atoms with E-state index in [0.29, 0.717) is 11.5 Å². The average molecular weight is 761 g/mol. The van der Waals surface area contributed by atoms with E-state index in [0.717, 1.165) is 28.8 Å². The predicted molar refractivity (Wildman–Crippen MR) is 206 cm³/mol. The minimum Gasteiger partial charge on any atom is -0.497 e. The van der Waals surface area contributed by atoms with Crippen molar-refractivity contribution in [3.63, 3.8) is 0 Å². The first-order chi connectivity index (χ1) is 26.2. The van der Waals surface area contributed by atoms with Crippen LogP contribution in [0.25, 0.3) is 0 Å². The number of ether oxygens (including phenoxy) is 5. The Hall–Kier alpha value is -5.79. The van der Waals surface area contributed by atoms with Crippen molar-refractivity contribution < 1.29 is 52.8 Å². The number of rotatable bonds is 19. The van der Waals surface area contributed by atoms with E-state index >= 15 is 0 Å². The lowest BCUT2D eigenvalue weighted by Gasteiger charge is -2.42. The minimum atomic E-state index is -1.77. The number of methoxy groups -OCH3 is 4. The Bertz CT molecular complexity index is 1740. The monoisotopic (exact) mass is 760 g/mol. The van der Waals surface area contributed by atoms with Crippen LogP contribution < -0.4 is 9.47 Å². The number of hydrogen-bond acceptors (Lipinski definition) is 11. The van der Waals surface area contributed by atoms with Gasteiger partial charge in [0.2, 0.25) is 11.8 Å². The molecule has 0 radical (unpaired) electrons. The lowest BCUT2D eigenvalue weighted by Crippen LogP contribution is -2.65. The first-order valence-electron chi connectivity index (χ1n) is 17.4. The Morgan fingerprint density at radius 1 is 0.709 bits per heavy atom. The predicted octanol–water partition coefficient (Wildman–Crippen LogP) is 4.84. The Balaban J connectivity index is 0.000000393. The minimum absolute atomic E-state index is 0.0313. The van der Waals surface area contributed by atoms with Gasteiger partial charge in [-0.15, -0.1) is 0 Å². The van der Waals surface area contributed by atoms with Gasteiger partial charge in [0.05, 0.1) is 47.8 Å². The van der Waals surface area contributed by atoms with E-state index < -0.39 is 46.7 Å². The van der Waals surface area contributed by atoms with Crippen molar-refractivity contribution in [2.75, 3.05) is 35.0 Å². The molecule has 3 aromatic carbocycles. The number of hydrogen-bond donors (Lipinski definition) is 1. The van der Waals surface area contributed by atoms with Crippen LogP contribution in [0, 0.1) is 0 Å². The molecular formula is C42H52N2O11. The first-order valence-corrected chi connectivity index (χ1v) is 17.4. The SMILES string of the molecule is C=CC(=O)N(Cc1ccc(OC)cc1)[C@@](COCc1ccccc1)(C(=O)OC)[C@@H](C)O.C=CC(=O)N(Cc1ccc(OC)cc1)[C@](CC)(C(C)=O)C(=O)OC. The second kappa shape index (κ2) is 21.8. The fourth-order valence-corrected chi connectivity index (χ4v) is 5.90. The molecule has 0 saturated heterocycles. The summed E-state index contributed by atoms with van der Waals surface area (Å²) in [7, 11) is 5.51. The fraction of sp³-hybridized carbons (Fsp3) is 0.357. The molecule has 3 aromatic rings. The number of amides is 2. The molecule has 13 heteroatoms. The maximum Gasteiger partial charge on any atom is 0.339 e. The molecule has 0 unspecified atom stereocenters. The van der Waals surface area contributed by atoms with Crippen LogP contribution in [0.2, 0.25) is 0 Å². The number of aliphatic hydroxyl groups is 1. The van der Waals surface area contributed by atoms with E-state index in [2.05, 4.69) is 13.2 Å². The van der Waals surface area contributed by atoms with Gasteiger partial charge in [0.15, 0.2) is 16.9 Å². The molecule has 0 aliphatic heterocycles. The Labute approximate surface area is 323 Å². The fourth-order valence-electron chi connectivity index (χ4n) is 5.90. The first kappa shape index (κ1) is 45.4. The zero-order chi connectivity index (χ0) is 41.2. The number of carbonyl (C=O) groups is 5. The molecule has 0 aliphatic rings. The summed E-state index contributed by atoms with van der Waals surface area (Å²) in [5.41, 5.74) is -1.08. The molecule has 2 amide bonds. The number of benzene rings is 3. The largest absolute Gasteiger partial charge is 0.497 e. The molecule has 0 bridgehead atoms.